The number of carbonyl (C=O) groups excluding carboxylic acids is 1. The lowest BCUT2D eigenvalue weighted by Gasteiger charge is -2.13. The van der Waals surface area contributed by atoms with Crippen molar-refractivity contribution in [1.82, 2.24) is 10.0 Å². The summed E-state index contributed by atoms with van der Waals surface area (Å²) < 4.78 is 27.1. The highest BCUT2D eigenvalue weighted by Crippen LogP contribution is 2.19. The molecule has 3 N–H and O–H groups in total. The fraction of sp³-hybridized carbons (Fsp3) is 0.550. The van der Waals surface area contributed by atoms with Crippen molar-refractivity contribution in [2.24, 2.45) is 0 Å². The minimum Gasteiger partial charge on any atom is -0.325 e. The Bertz CT molecular complexity index is 742. The molecule has 1 atom stereocenters. The topological polar surface area (TPSA) is 87.3 Å². The van der Waals surface area contributed by atoms with E-state index in [2.05, 4.69) is 21.4 Å². The summed E-state index contributed by atoms with van der Waals surface area (Å²) >= 11 is 0. The predicted molar refractivity (Wildman–Crippen MR) is 109 cm³/mol. The van der Waals surface area contributed by atoms with Crippen LogP contribution in [0.4, 0.5) is 5.69 Å². The third-order valence-electron chi connectivity index (χ3n) is 4.71. The van der Waals surface area contributed by atoms with Gasteiger partial charge in [-0.1, -0.05) is 18.6 Å². The molecule has 1 aliphatic carbocycles. The van der Waals surface area contributed by atoms with Gasteiger partial charge in [0.2, 0.25) is 15.9 Å². The summed E-state index contributed by atoms with van der Waals surface area (Å²) in [6, 6.07) is 6.10. The molecule has 1 aromatic carbocycles. The summed E-state index contributed by atoms with van der Waals surface area (Å²) in [5.41, 5.74) is 2.07. The molecule has 1 amide bonds. The number of sulfonamides is 1. The summed E-state index contributed by atoms with van der Waals surface area (Å²) in [6.45, 7) is 4.77. The number of allylic oxidation sites excluding steroid dienone is 1. The van der Waals surface area contributed by atoms with Crippen LogP contribution >= 0.6 is 0 Å². The maximum Gasteiger partial charge on any atom is 0.240 e. The maximum atomic E-state index is 12.2. The first kappa shape index (κ1) is 21.6. The van der Waals surface area contributed by atoms with Gasteiger partial charge in [-0.25, -0.2) is 13.1 Å². The molecular formula is C20H31N3O3S. The van der Waals surface area contributed by atoms with E-state index in [9.17, 15) is 13.2 Å². The lowest BCUT2D eigenvalue weighted by atomic mass is 9.97. The molecular weight excluding hydrogens is 362 g/mol. The van der Waals surface area contributed by atoms with E-state index < -0.39 is 10.0 Å². The second kappa shape index (κ2) is 10.6. The number of rotatable bonds is 10. The Balaban J connectivity index is 1.76. The van der Waals surface area contributed by atoms with Crippen LogP contribution in [0, 0.1) is 0 Å². The molecule has 1 unspecified atom stereocenters. The van der Waals surface area contributed by atoms with Crippen LogP contribution in [0.25, 0.3) is 0 Å². The predicted octanol–water partition coefficient (Wildman–Crippen LogP) is 3.18. The van der Waals surface area contributed by atoms with Gasteiger partial charge in [0.1, 0.15) is 0 Å². The smallest absolute Gasteiger partial charge is 0.240 e. The normalized spacial score (nSPS) is 15.9. The Morgan fingerprint density at radius 2 is 1.93 bits per heavy atom. The van der Waals surface area contributed by atoms with E-state index >= 15 is 0 Å². The summed E-state index contributed by atoms with van der Waals surface area (Å²) in [5.74, 6) is -0.138. The average molecular weight is 394 g/mol. The lowest BCUT2D eigenvalue weighted by Crippen LogP contribution is -2.32. The summed E-state index contributed by atoms with van der Waals surface area (Å²) in [6.07, 6.45) is 8.93. The number of benzene rings is 1. The van der Waals surface area contributed by atoms with E-state index in [-0.39, 0.29) is 23.4 Å². The van der Waals surface area contributed by atoms with E-state index in [1.165, 1.54) is 43.4 Å². The van der Waals surface area contributed by atoms with Gasteiger partial charge in [0.25, 0.3) is 0 Å². The fourth-order valence-electron chi connectivity index (χ4n) is 2.92. The van der Waals surface area contributed by atoms with Crippen molar-refractivity contribution in [3.8, 4) is 0 Å². The highest BCUT2D eigenvalue weighted by Gasteiger charge is 2.16. The highest BCUT2D eigenvalue weighted by atomic mass is 32.2. The molecule has 0 radical (unpaired) electrons. The Hall–Kier alpha value is -1.70. The third-order valence-corrected chi connectivity index (χ3v) is 6.32. The van der Waals surface area contributed by atoms with Crippen LogP contribution in [-0.4, -0.2) is 33.5 Å². The molecule has 1 aromatic rings. The van der Waals surface area contributed by atoms with E-state index in [0.29, 0.717) is 5.69 Å². The van der Waals surface area contributed by atoms with E-state index in [4.69, 9.17) is 0 Å². The van der Waals surface area contributed by atoms with Crippen LogP contribution in [-0.2, 0) is 14.8 Å². The molecule has 0 aromatic heterocycles. The number of amides is 1. The summed E-state index contributed by atoms with van der Waals surface area (Å²) in [5, 5.41) is 5.94. The number of hydrogen-bond donors (Lipinski definition) is 3. The number of nitrogens with one attached hydrogen (secondary N) is 3. The highest BCUT2D eigenvalue weighted by molar-refractivity contribution is 7.89. The molecule has 6 nitrogen and oxygen atoms in total. The minimum atomic E-state index is -3.53. The largest absolute Gasteiger partial charge is 0.325 e. The first-order chi connectivity index (χ1) is 12.9. The number of hydrogen-bond acceptors (Lipinski definition) is 4. The van der Waals surface area contributed by atoms with Crippen LogP contribution in [0.2, 0.25) is 0 Å². The molecule has 0 heterocycles. The number of anilines is 1. The van der Waals surface area contributed by atoms with Crippen molar-refractivity contribution in [3.63, 3.8) is 0 Å². The maximum absolute atomic E-state index is 12.2. The van der Waals surface area contributed by atoms with Crippen molar-refractivity contribution in [3.05, 3.63) is 35.9 Å². The molecule has 0 bridgehead atoms. The van der Waals surface area contributed by atoms with E-state index in [0.717, 1.165) is 19.4 Å². The minimum absolute atomic E-state index is 0.121. The van der Waals surface area contributed by atoms with E-state index in [1.54, 1.807) is 12.1 Å². The van der Waals surface area contributed by atoms with Gasteiger partial charge < -0.3 is 10.6 Å². The third kappa shape index (κ3) is 7.44. The van der Waals surface area contributed by atoms with Crippen LogP contribution in [0.15, 0.2) is 40.8 Å². The molecule has 0 fully saturated rings. The molecule has 27 heavy (non-hydrogen) atoms. The quantitative estimate of drug-likeness (QED) is 0.421. The molecule has 2 rings (SSSR count). The van der Waals surface area contributed by atoms with Gasteiger partial charge in [0, 0.05) is 11.7 Å². The zero-order valence-corrected chi connectivity index (χ0v) is 17.1. The fourth-order valence-corrected chi connectivity index (χ4v) is 4.25. The molecule has 0 saturated carbocycles. The van der Waals surface area contributed by atoms with Gasteiger partial charge in [-0.3, -0.25) is 4.79 Å². The molecule has 150 valence electrons. The zero-order chi connectivity index (χ0) is 19.7. The lowest BCUT2D eigenvalue weighted by molar-refractivity contribution is -0.115. The Morgan fingerprint density at radius 3 is 2.56 bits per heavy atom. The summed E-state index contributed by atoms with van der Waals surface area (Å²) in [4.78, 5) is 12.2. The van der Waals surface area contributed by atoms with Gasteiger partial charge >= 0.3 is 0 Å². The van der Waals surface area contributed by atoms with Crippen molar-refractivity contribution >= 4 is 21.6 Å². The van der Waals surface area contributed by atoms with Crippen LogP contribution < -0.4 is 15.4 Å². The van der Waals surface area contributed by atoms with Crippen molar-refractivity contribution in [1.29, 1.82) is 0 Å². The van der Waals surface area contributed by atoms with E-state index in [1.807, 2.05) is 13.8 Å². The van der Waals surface area contributed by atoms with Crippen LogP contribution in [0.5, 0.6) is 0 Å². The zero-order valence-electron chi connectivity index (χ0n) is 16.3. The SMILES string of the molecule is CCC(C)NS(=O)(=O)c1ccc(NC(=O)CNCCC2=CCCCC2)cc1. The molecule has 7 heteroatoms. The first-order valence-electron chi connectivity index (χ1n) is 9.71. The van der Waals surface area contributed by atoms with Gasteiger partial charge in [0.05, 0.1) is 11.4 Å². The second-order valence-corrected chi connectivity index (χ2v) is 8.75. The van der Waals surface area contributed by atoms with Gasteiger partial charge in [-0.2, -0.15) is 0 Å². The molecule has 0 saturated heterocycles. The van der Waals surface area contributed by atoms with Gasteiger partial charge in [-0.15, -0.1) is 0 Å². The monoisotopic (exact) mass is 393 g/mol. The van der Waals surface area contributed by atoms with Crippen LogP contribution in [0.1, 0.15) is 52.4 Å². The van der Waals surface area contributed by atoms with Gasteiger partial charge in [0.15, 0.2) is 0 Å². The second-order valence-electron chi connectivity index (χ2n) is 7.04. The molecule has 0 aliphatic heterocycles. The van der Waals surface area contributed by atoms with Crippen molar-refractivity contribution in [2.45, 2.75) is 63.3 Å². The summed E-state index contributed by atoms with van der Waals surface area (Å²) in [7, 11) is -3.53. The van der Waals surface area contributed by atoms with Crippen molar-refractivity contribution in [2.75, 3.05) is 18.4 Å². The average Bonchev–Trinajstić information content (AvgIpc) is 2.66. The number of carbonyl (C=O) groups is 1. The Labute approximate surface area is 162 Å². The molecule has 0 spiro atoms. The molecule has 1 aliphatic rings. The Kier molecular flexibility index (Phi) is 8.47. The first-order valence-corrected chi connectivity index (χ1v) is 11.2. The Morgan fingerprint density at radius 1 is 1.19 bits per heavy atom. The van der Waals surface area contributed by atoms with Crippen LogP contribution in [0.3, 0.4) is 0 Å². The van der Waals surface area contributed by atoms with Gasteiger partial charge in [-0.05, 0) is 76.3 Å². The standard InChI is InChI=1S/C20H31N3O3S/c1-3-16(2)23-27(25,26)19-11-9-18(10-12-19)22-20(24)15-21-14-13-17-7-5-4-6-8-17/h7,9-12,16,21,23H,3-6,8,13-15H2,1-2H3,(H,22,24). The van der Waals surface area contributed by atoms with Crippen molar-refractivity contribution < 1.29 is 13.2 Å².